The molecule has 2 aromatic carbocycles. The number of carbonyl (C=O) groups is 1. The average molecular weight is 363 g/mol. The molecule has 1 heterocycles. The van der Waals surface area contributed by atoms with Gasteiger partial charge in [-0.15, -0.1) is 6.58 Å². The van der Waals surface area contributed by atoms with Crippen molar-refractivity contribution in [3.05, 3.63) is 84.0 Å². The molecule has 2 aromatic rings. The second-order valence-electron chi connectivity index (χ2n) is 6.81. The Labute approximate surface area is 160 Å². The highest BCUT2D eigenvalue weighted by Crippen LogP contribution is 2.33. The molecular weight excluding hydrogens is 338 g/mol. The standard InChI is InChI=1S/C23H25NO3/c1-3-7-18-10-12-22-20(14-18)11-13-21(17(2)15-25)24(22)23(26)27-16-19-8-5-4-6-9-19/h3-6,8-14,17,21,25H,1,7,15-16H2,2H3/t17-,21+/m1/s1. The third kappa shape index (κ3) is 4.29. The Balaban J connectivity index is 1.87. The number of hydrogen-bond acceptors (Lipinski definition) is 3. The minimum Gasteiger partial charge on any atom is -0.444 e. The lowest BCUT2D eigenvalue weighted by Gasteiger charge is -2.36. The van der Waals surface area contributed by atoms with Gasteiger partial charge in [0.05, 0.1) is 11.7 Å². The molecule has 0 saturated carbocycles. The van der Waals surface area contributed by atoms with Crippen LogP contribution in [0.2, 0.25) is 0 Å². The first-order valence-corrected chi connectivity index (χ1v) is 9.17. The van der Waals surface area contributed by atoms with Crippen molar-refractivity contribution in [1.82, 2.24) is 0 Å². The topological polar surface area (TPSA) is 49.8 Å². The van der Waals surface area contributed by atoms with Crippen LogP contribution in [0.4, 0.5) is 10.5 Å². The van der Waals surface area contributed by atoms with Crippen LogP contribution in [0.3, 0.4) is 0 Å². The fraction of sp³-hybridized carbons (Fsp3) is 0.261. The molecule has 0 radical (unpaired) electrons. The van der Waals surface area contributed by atoms with Crippen molar-refractivity contribution in [2.24, 2.45) is 5.92 Å². The van der Waals surface area contributed by atoms with E-state index in [4.69, 9.17) is 4.74 Å². The molecule has 0 bridgehead atoms. The maximum absolute atomic E-state index is 12.9. The number of aliphatic hydroxyl groups is 1. The lowest BCUT2D eigenvalue weighted by Crippen LogP contribution is -2.45. The lowest BCUT2D eigenvalue weighted by molar-refractivity contribution is 0.141. The molecule has 1 aliphatic rings. The van der Waals surface area contributed by atoms with Crippen LogP contribution in [0.5, 0.6) is 0 Å². The van der Waals surface area contributed by atoms with Crippen molar-refractivity contribution >= 4 is 17.9 Å². The van der Waals surface area contributed by atoms with Crippen LogP contribution >= 0.6 is 0 Å². The SMILES string of the molecule is C=CCc1ccc2c(c1)C=C[C@@H]([C@H](C)CO)N2C(=O)OCc1ccccc1. The number of benzene rings is 2. The summed E-state index contributed by atoms with van der Waals surface area (Å²) in [6.45, 7) is 5.90. The number of ether oxygens (including phenoxy) is 1. The molecular formula is C23H25NO3. The second kappa shape index (κ2) is 8.69. The molecule has 0 unspecified atom stereocenters. The Morgan fingerprint density at radius 2 is 2.04 bits per heavy atom. The van der Waals surface area contributed by atoms with Gasteiger partial charge in [-0.1, -0.05) is 61.5 Å². The summed E-state index contributed by atoms with van der Waals surface area (Å²) >= 11 is 0. The van der Waals surface area contributed by atoms with E-state index in [1.54, 1.807) is 4.90 Å². The van der Waals surface area contributed by atoms with Gasteiger partial charge in [0.15, 0.2) is 0 Å². The van der Waals surface area contributed by atoms with Crippen molar-refractivity contribution in [3.8, 4) is 0 Å². The summed E-state index contributed by atoms with van der Waals surface area (Å²) in [6.07, 6.45) is 6.20. The molecule has 27 heavy (non-hydrogen) atoms. The van der Waals surface area contributed by atoms with E-state index in [1.165, 1.54) is 0 Å². The maximum Gasteiger partial charge on any atom is 0.415 e. The molecule has 1 amide bonds. The van der Waals surface area contributed by atoms with Crippen molar-refractivity contribution < 1.29 is 14.6 Å². The minimum absolute atomic E-state index is 0.0125. The molecule has 0 saturated heterocycles. The van der Waals surface area contributed by atoms with E-state index < -0.39 is 6.09 Å². The number of fused-ring (bicyclic) bond motifs is 1. The van der Waals surface area contributed by atoms with Crippen LogP contribution in [0.25, 0.3) is 6.08 Å². The van der Waals surface area contributed by atoms with Crippen molar-refractivity contribution in [1.29, 1.82) is 0 Å². The van der Waals surface area contributed by atoms with Crippen molar-refractivity contribution in [3.63, 3.8) is 0 Å². The van der Waals surface area contributed by atoms with Gasteiger partial charge in [-0.3, -0.25) is 4.90 Å². The highest BCUT2D eigenvalue weighted by atomic mass is 16.6. The molecule has 0 aromatic heterocycles. The number of nitrogens with zero attached hydrogens (tertiary/aromatic N) is 1. The normalized spacial score (nSPS) is 16.5. The van der Waals surface area contributed by atoms with Crippen LogP contribution in [-0.4, -0.2) is 23.8 Å². The van der Waals surface area contributed by atoms with Gasteiger partial charge in [0.25, 0.3) is 0 Å². The van der Waals surface area contributed by atoms with Crippen molar-refractivity contribution in [2.45, 2.75) is 26.0 Å². The summed E-state index contributed by atoms with van der Waals surface area (Å²) in [5, 5.41) is 9.63. The number of rotatable bonds is 6. The molecule has 4 heteroatoms. The van der Waals surface area contributed by atoms with Crippen LogP contribution in [-0.2, 0) is 17.8 Å². The van der Waals surface area contributed by atoms with E-state index in [2.05, 4.69) is 12.6 Å². The number of hydrogen-bond donors (Lipinski definition) is 1. The fourth-order valence-electron chi connectivity index (χ4n) is 3.26. The summed E-state index contributed by atoms with van der Waals surface area (Å²) in [5.41, 5.74) is 3.84. The van der Waals surface area contributed by atoms with Crippen LogP contribution in [0, 0.1) is 5.92 Å². The zero-order chi connectivity index (χ0) is 19.2. The fourth-order valence-corrected chi connectivity index (χ4v) is 3.26. The Morgan fingerprint density at radius 1 is 1.26 bits per heavy atom. The van der Waals surface area contributed by atoms with Crippen molar-refractivity contribution in [2.75, 3.05) is 11.5 Å². The predicted octanol–water partition coefficient (Wildman–Crippen LogP) is 4.58. The molecule has 0 fully saturated rings. The predicted molar refractivity (Wildman–Crippen MR) is 109 cm³/mol. The zero-order valence-corrected chi connectivity index (χ0v) is 15.5. The van der Waals surface area contributed by atoms with Crippen LogP contribution in [0.15, 0.2) is 67.3 Å². The van der Waals surface area contributed by atoms with Gasteiger partial charge in [-0.05, 0) is 35.2 Å². The van der Waals surface area contributed by atoms with E-state index in [-0.39, 0.29) is 25.2 Å². The zero-order valence-electron chi connectivity index (χ0n) is 15.5. The molecule has 3 rings (SSSR count). The summed E-state index contributed by atoms with van der Waals surface area (Å²) in [7, 11) is 0. The first kappa shape index (κ1) is 18.9. The third-order valence-electron chi connectivity index (χ3n) is 4.78. The molecule has 2 atom stereocenters. The summed E-state index contributed by atoms with van der Waals surface area (Å²) in [6, 6.07) is 15.4. The number of allylic oxidation sites excluding steroid dienone is 1. The smallest absolute Gasteiger partial charge is 0.415 e. The van der Waals surface area contributed by atoms with Gasteiger partial charge in [0, 0.05) is 12.5 Å². The average Bonchev–Trinajstić information content (AvgIpc) is 2.71. The lowest BCUT2D eigenvalue weighted by atomic mass is 9.93. The molecule has 4 nitrogen and oxygen atoms in total. The maximum atomic E-state index is 12.9. The molecule has 1 N–H and O–H groups in total. The molecule has 140 valence electrons. The Bertz CT molecular complexity index is 829. The summed E-state index contributed by atoms with van der Waals surface area (Å²) in [5.74, 6) is -0.105. The Morgan fingerprint density at radius 3 is 2.74 bits per heavy atom. The van der Waals surface area contributed by atoms with Crippen LogP contribution < -0.4 is 4.90 Å². The molecule has 1 aliphatic heterocycles. The number of anilines is 1. The quantitative estimate of drug-likeness (QED) is 0.764. The number of amides is 1. The minimum atomic E-state index is -0.411. The molecule has 0 spiro atoms. The summed E-state index contributed by atoms with van der Waals surface area (Å²) in [4.78, 5) is 14.6. The van der Waals surface area contributed by atoms with Gasteiger partial charge in [-0.25, -0.2) is 4.79 Å². The first-order chi connectivity index (χ1) is 13.1. The van der Waals surface area contributed by atoms with Gasteiger partial charge in [-0.2, -0.15) is 0 Å². The Hall–Kier alpha value is -2.85. The van der Waals surface area contributed by atoms with Gasteiger partial charge in [0.2, 0.25) is 0 Å². The van der Waals surface area contributed by atoms with Gasteiger partial charge < -0.3 is 9.84 Å². The van der Waals surface area contributed by atoms with Gasteiger partial charge in [0.1, 0.15) is 6.61 Å². The van der Waals surface area contributed by atoms with E-state index in [0.29, 0.717) is 0 Å². The van der Waals surface area contributed by atoms with Crippen LogP contribution in [0.1, 0.15) is 23.6 Å². The number of carbonyl (C=O) groups excluding carboxylic acids is 1. The third-order valence-corrected chi connectivity index (χ3v) is 4.78. The Kier molecular flexibility index (Phi) is 6.09. The van der Waals surface area contributed by atoms with E-state index in [9.17, 15) is 9.90 Å². The molecule has 0 aliphatic carbocycles. The monoisotopic (exact) mass is 363 g/mol. The highest BCUT2D eigenvalue weighted by molar-refractivity contribution is 5.93. The summed E-state index contributed by atoms with van der Waals surface area (Å²) < 4.78 is 5.58. The first-order valence-electron chi connectivity index (χ1n) is 9.17. The largest absolute Gasteiger partial charge is 0.444 e. The van der Waals surface area contributed by atoms with E-state index in [0.717, 1.165) is 28.8 Å². The van der Waals surface area contributed by atoms with Gasteiger partial charge >= 0.3 is 6.09 Å². The highest BCUT2D eigenvalue weighted by Gasteiger charge is 2.32. The number of aliphatic hydroxyl groups excluding tert-OH is 1. The van der Waals surface area contributed by atoms with E-state index >= 15 is 0 Å². The second-order valence-corrected chi connectivity index (χ2v) is 6.81. The van der Waals surface area contributed by atoms with E-state index in [1.807, 2.05) is 67.6 Å².